The summed E-state index contributed by atoms with van der Waals surface area (Å²) in [5.74, 6) is 0. The van der Waals surface area contributed by atoms with Gasteiger partial charge < -0.3 is 0 Å². The molecule has 0 bridgehead atoms. The first-order valence-corrected chi connectivity index (χ1v) is 16.9. The molecular weight excluding hydrogens is 629 g/mol. The molecule has 0 aliphatic heterocycles. The number of hydrogen-bond acceptors (Lipinski definition) is 8. The first-order chi connectivity index (χ1) is 23.8. The van der Waals surface area contributed by atoms with Gasteiger partial charge in [0.15, 0.2) is 0 Å². The highest BCUT2D eigenvalue weighted by atomic mass is 32.1. The van der Waals surface area contributed by atoms with Crippen LogP contribution in [0.4, 0.5) is 0 Å². The van der Waals surface area contributed by atoms with Crippen LogP contribution >= 0.6 is 23.5 Å². The van der Waals surface area contributed by atoms with Gasteiger partial charge in [0.25, 0.3) is 0 Å². The molecule has 48 heavy (non-hydrogen) atoms. The van der Waals surface area contributed by atoms with Crippen molar-refractivity contribution in [1.29, 1.82) is 0 Å². The van der Waals surface area contributed by atoms with Crippen molar-refractivity contribution in [2.45, 2.75) is 0 Å². The van der Waals surface area contributed by atoms with E-state index in [2.05, 4.69) is 72.8 Å². The Morgan fingerprint density at radius 1 is 0.292 bits per heavy atom. The lowest BCUT2D eigenvalue weighted by Crippen LogP contribution is -1.98. The molecule has 0 unspecified atom stereocenters. The van der Waals surface area contributed by atoms with E-state index in [1.165, 1.54) is 23.5 Å². The SMILES string of the molecule is c1ccc(-c2nc(-c3cccc(-c4nc(-c5ccccc5)c5nsnc5c4-c4ccccc4)c3)c(-c3ccccc3)c3nsnc23)cc1. The number of rotatable bonds is 6. The van der Waals surface area contributed by atoms with Crippen LogP contribution in [0, 0.1) is 0 Å². The minimum atomic E-state index is 0.798. The fraction of sp³-hybridized carbons (Fsp3) is 0. The van der Waals surface area contributed by atoms with Gasteiger partial charge >= 0.3 is 0 Å². The maximum Gasteiger partial charge on any atom is 0.131 e. The van der Waals surface area contributed by atoms with Gasteiger partial charge in [0.05, 0.1) is 46.2 Å². The average Bonchev–Trinajstić information content (AvgIpc) is 3.86. The monoisotopic (exact) mass is 652 g/mol. The minimum Gasteiger partial charge on any atom is -0.245 e. The second kappa shape index (κ2) is 12.0. The van der Waals surface area contributed by atoms with Gasteiger partial charge in [-0.15, -0.1) is 0 Å². The van der Waals surface area contributed by atoms with Crippen molar-refractivity contribution in [2.24, 2.45) is 0 Å². The fourth-order valence-electron chi connectivity index (χ4n) is 6.26. The molecule has 0 saturated carbocycles. The Balaban J connectivity index is 1.33. The van der Waals surface area contributed by atoms with E-state index in [4.69, 9.17) is 27.5 Å². The smallest absolute Gasteiger partial charge is 0.131 e. The lowest BCUT2D eigenvalue weighted by molar-refractivity contribution is 1.32. The molecule has 0 fully saturated rings. The van der Waals surface area contributed by atoms with Crippen molar-refractivity contribution in [3.05, 3.63) is 146 Å². The quantitative estimate of drug-likeness (QED) is 0.178. The molecule has 9 rings (SSSR count). The molecule has 4 aromatic heterocycles. The second-order valence-corrected chi connectivity index (χ2v) is 12.4. The molecule has 0 aliphatic rings. The minimum absolute atomic E-state index is 0.798. The summed E-state index contributed by atoms with van der Waals surface area (Å²) in [4.78, 5) is 10.8. The molecule has 0 N–H and O–H groups in total. The van der Waals surface area contributed by atoms with Gasteiger partial charge in [-0.1, -0.05) is 140 Å². The molecule has 6 nitrogen and oxygen atoms in total. The highest BCUT2D eigenvalue weighted by molar-refractivity contribution is 7.00. The summed E-state index contributed by atoms with van der Waals surface area (Å²) in [7, 11) is 0. The van der Waals surface area contributed by atoms with Crippen molar-refractivity contribution in [3.63, 3.8) is 0 Å². The van der Waals surface area contributed by atoms with Gasteiger partial charge in [0, 0.05) is 33.4 Å². The summed E-state index contributed by atoms with van der Waals surface area (Å²) < 4.78 is 19.1. The fourth-order valence-corrected chi connectivity index (χ4v) is 7.37. The van der Waals surface area contributed by atoms with Crippen molar-refractivity contribution in [3.8, 4) is 67.3 Å². The van der Waals surface area contributed by atoms with Crippen LogP contribution in [0.1, 0.15) is 0 Å². The molecule has 0 spiro atoms. The highest BCUT2D eigenvalue weighted by Gasteiger charge is 2.24. The predicted octanol–water partition coefficient (Wildman–Crippen LogP) is 10.5. The third kappa shape index (κ3) is 4.86. The molecule has 5 aromatic carbocycles. The van der Waals surface area contributed by atoms with Crippen LogP contribution in [-0.4, -0.2) is 27.5 Å². The summed E-state index contributed by atoms with van der Waals surface area (Å²) in [6.45, 7) is 0. The van der Waals surface area contributed by atoms with Crippen LogP contribution < -0.4 is 0 Å². The van der Waals surface area contributed by atoms with Crippen LogP contribution in [0.15, 0.2) is 146 Å². The molecule has 9 aromatic rings. The first-order valence-electron chi connectivity index (χ1n) is 15.5. The first kappa shape index (κ1) is 28.3. The van der Waals surface area contributed by atoms with Crippen molar-refractivity contribution in [1.82, 2.24) is 27.5 Å². The average molecular weight is 653 g/mol. The normalized spacial score (nSPS) is 11.3. The third-order valence-electron chi connectivity index (χ3n) is 8.45. The van der Waals surface area contributed by atoms with E-state index in [0.717, 1.165) is 89.4 Å². The summed E-state index contributed by atoms with van der Waals surface area (Å²) in [5, 5.41) is 0. The van der Waals surface area contributed by atoms with Crippen molar-refractivity contribution >= 4 is 45.5 Å². The van der Waals surface area contributed by atoms with E-state index >= 15 is 0 Å². The van der Waals surface area contributed by atoms with Gasteiger partial charge in [0.2, 0.25) is 0 Å². The zero-order chi connectivity index (χ0) is 31.9. The van der Waals surface area contributed by atoms with Crippen LogP contribution in [-0.2, 0) is 0 Å². The number of benzene rings is 5. The molecule has 8 heteroatoms. The molecule has 0 atom stereocenters. The van der Waals surface area contributed by atoms with Crippen LogP contribution in [0.2, 0.25) is 0 Å². The number of hydrogen-bond donors (Lipinski definition) is 0. The standard InChI is InChI=1S/C40H24N6S2/c1-5-14-25(15-6-1)31-33(41-35(27-18-9-3-10-19-27)39-37(31)43-47-45-39)29-22-13-23-30(24-29)34-32(26-16-7-2-8-17-26)38-40(46-48-44-38)36(42-34)28-20-11-4-12-21-28/h1-24H. The van der Waals surface area contributed by atoms with Gasteiger partial charge in [-0.3, -0.25) is 0 Å². The Morgan fingerprint density at radius 2 is 0.625 bits per heavy atom. The number of pyridine rings is 2. The maximum absolute atomic E-state index is 5.38. The number of fused-ring (bicyclic) bond motifs is 2. The Kier molecular flexibility index (Phi) is 7.07. The van der Waals surface area contributed by atoms with Crippen LogP contribution in [0.3, 0.4) is 0 Å². The molecule has 0 aliphatic carbocycles. The van der Waals surface area contributed by atoms with Crippen LogP contribution in [0.25, 0.3) is 89.4 Å². The molecule has 0 amide bonds. The van der Waals surface area contributed by atoms with Crippen molar-refractivity contribution < 1.29 is 0 Å². The number of nitrogens with zero attached hydrogens (tertiary/aromatic N) is 6. The van der Waals surface area contributed by atoms with E-state index < -0.39 is 0 Å². The zero-order valence-electron chi connectivity index (χ0n) is 25.4. The lowest BCUT2D eigenvalue weighted by Gasteiger charge is -2.16. The van der Waals surface area contributed by atoms with Crippen molar-refractivity contribution in [2.75, 3.05) is 0 Å². The zero-order valence-corrected chi connectivity index (χ0v) is 27.0. The Bertz CT molecular complexity index is 2370. The Labute approximate surface area is 284 Å². The van der Waals surface area contributed by atoms with E-state index in [1.807, 2.05) is 72.8 Å². The summed E-state index contributed by atoms with van der Waals surface area (Å²) in [6.07, 6.45) is 0. The van der Waals surface area contributed by atoms with E-state index in [-0.39, 0.29) is 0 Å². The molecule has 4 heterocycles. The largest absolute Gasteiger partial charge is 0.245 e. The third-order valence-corrected chi connectivity index (χ3v) is 9.51. The maximum atomic E-state index is 5.38. The van der Waals surface area contributed by atoms with Gasteiger partial charge in [-0.25, -0.2) is 9.97 Å². The van der Waals surface area contributed by atoms with Crippen LogP contribution in [0.5, 0.6) is 0 Å². The Morgan fingerprint density at radius 3 is 1.02 bits per heavy atom. The van der Waals surface area contributed by atoms with Gasteiger partial charge in [-0.2, -0.15) is 17.5 Å². The second-order valence-electron chi connectivity index (χ2n) is 11.3. The van der Waals surface area contributed by atoms with E-state index in [9.17, 15) is 0 Å². The van der Waals surface area contributed by atoms with E-state index in [1.54, 1.807) is 0 Å². The Hall–Kier alpha value is -5.96. The number of aromatic nitrogens is 6. The molecule has 226 valence electrons. The van der Waals surface area contributed by atoms with Gasteiger partial charge in [-0.05, 0) is 17.2 Å². The lowest BCUT2D eigenvalue weighted by atomic mass is 9.92. The summed E-state index contributed by atoms with van der Waals surface area (Å²) >= 11 is 2.43. The molecular formula is C40H24N6S2. The summed E-state index contributed by atoms with van der Waals surface area (Å²) in [5.41, 5.74) is 14.4. The summed E-state index contributed by atoms with van der Waals surface area (Å²) in [6, 6.07) is 49.6. The molecule has 0 saturated heterocycles. The van der Waals surface area contributed by atoms with Gasteiger partial charge in [0.1, 0.15) is 22.1 Å². The van der Waals surface area contributed by atoms with E-state index in [0.29, 0.717) is 0 Å². The predicted molar refractivity (Wildman–Crippen MR) is 197 cm³/mol. The topological polar surface area (TPSA) is 77.3 Å². The molecule has 0 radical (unpaired) electrons. The highest BCUT2D eigenvalue weighted by Crippen LogP contribution is 2.43.